The SMILES string of the molecule is Cc1c(C(=O)N[C@H]2CCN(c3ccc4ncsc4n3)C2)c(=O)n(-c2ccccc2)n1C. The predicted molar refractivity (Wildman–Crippen MR) is 121 cm³/mol. The summed E-state index contributed by atoms with van der Waals surface area (Å²) in [5.74, 6) is 0.557. The van der Waals surface area contributed by atoms with Crippen LogP contribution in [0.1, 0.15) is 22.5 Å². The Hall–Kier alpha value is -3.46. The fraction of sp³-hybridized carbons (Fsp3) is 0.273. The molecule has 1 N–H and O–H groups in total. The number of nitrogens with one attached hydrogen (secondary N) is 1. The highest BCUT2D eigenvalue weighted by molar-refractivity contribution is 7.16. The lowest BCUT2D eigenvalue weighted by Gasteiger charge is -2.17. The van der Waals surface area contributed by atoms with Crippen molar-refractivity contribution in [1.29, 1.82) is 0 Å². The first kappa shape index (κ1) is 19.5. The van der Waals surface area contributed by atoms with Gasteiger partial charge < -0.3 is 10.2 Å². The Morgan fingerprint density at radius 1 is 1.19 bits per heavy atom. The van der Waals surface area contributed by atoms with Crippen molar-refractivity contribution in [2.75, 3.05) is 18.0 Å². The number of benzene rings is 1. The molecule has 0 radical (unpaired) electrons. The first-order chi connectivity index (χ1) is 15.0. The van der Waals surface area contributed by atoms with Crippen LogP contribution in [-0.2, 0) is 7.05 Å². The van der Waals surface area contributed by atoms with Crippen molar-refractivity contribution >= 4 is 33.4 Å². The first-order valence-corrected chi connectivity index (χ1v) is 11.0. The van der Waals surface area contributed by atoms with E-state index in [0.29, 0.717) is 12.2 Å². The molecule has 5 rings (SSSR count). The van der Waals surface area contributed by atoms with Crippen LogP contribution in [0.5, 0.6) is 0 Å². The normalized spacial score (nSPS) is 16.2. The van der Waals surface area contributed by atoms with Gasteiger partial charge in [0.25, 0.3) is 11.5 Å². The third-order valence-corrected chi connectivity index (χ3v) is 6.54. The lowest BCUT2D eigenvalue weighted by Crippen LogP contribution is -2.39. The largest absolute Gasteiger partial charge is 0.354 e. The minimum absolute atomic E-state index is 0.0457. The molecule has 158 valence electrons. The number of anilines is 1. The zero-order valence-corrected chi connectivity index (χ0v) is 18.1. The summed E-state index contributed by atoms with van der Waals surface area (Å²) < 4.78 is 3.25. The molecule has 9 heteroatoms. The molecule has 0 aliphatic carbocycles. The highest BCUT2D eigenvalue weighted by Crippen LogP contribution is 2.23. The monoisotopic (exact) mass is 434 g/mol. The standard InChI is InChI=1S/C22H22N6O2S/c1-14-19(22(30)28(26(14)2)16-6-4-3-5-7-16)20(29)24-15-10-11-27(12-15)18-9-8-17-21(25-18)31-13-23-17/h3-9,13,15H,10-12H2,1-2H3,(H,24,29)/t15-/m0/s1. The molecule has 1 aliphatic heterocycles. The van der Waals surface area contributed by atoms with Crippen molar-refractivity contribution in [2.24, 2.45) is 7.05 Å². The van der Waals surface area contributed by atoms with Gasteiger partial charge in [0.1, 0.15) is 21.7 Å². The number of fused-ring (bicyclic) bond motifs is 1. The van der Waals surface area contributed by atoms with Crippen molar-refractivity contribution in [2.45, 2.75) is 19.4 Å². The number of carbonyl (C=O) groups is 1. The van der Waals surface area contributed by atoms with E-state index in [4.69, 9.17) is 0 Å². The van der Waals surface area contributed by atoms with E-state index < -0.39 is 0 Å². The van der Waals surface area contributed by atoms with Crippen LogP contribution in [0, 0.1) is 6.92 Å². The Morgan fingerprint density at radius 2 is 2.00 bits per heavy atom. The Balaban J connectivity index is 1.34. The second-order valence-electron chi connectivity index (χ2n) is 7.69. The summed E-state index contributed by atoms with van der Waals surface area (Å²) in [5.41, 5.74) is 3.93. The number of amides is 1. The number of para-hydroxylation sites is 1. The average molecular weight is 435 g/mol. The Morgan fingerprint density at radius 3 is 2.81 bits per heavy atom. The number of hydrogen-bond donors (Lipinski definition) is 1. The minimum atomic E-state index is -0.328. The summed E-state index contributed by atoms with van der Waals surface area (Å²) in [5, 5.41) is 3.06. The molecule has 1 aromatic carbocycles. The van der Waals surface area contributed by atoms with Gasteiger partial charge in [-0.3, -0.25) is 14.3 Å². The number of nitrogens with zero attached hydrogens (tertiary/aromatic N) is 5. The molecule has 1 amide bonds. The van der Waals surface area contributed by atoms with Crippen LogP contribution < -0.4 is 15.8 Å². The van der Waals surface area contributed by atoms with E-state index in [1.54, 1.807) is 24.2 Å². The van der Waals surface area contributed by atoms with Gasteiger partial charge in [-0.15, -0.1) is 11.3 Å². The molecule has 1 saturated heterocycles. The molecule has 0 unspecified atom stereocenters. The number of thiazole rings is 1. The molecular formula is C22H22N6O2S. The second kappa shape index (κ2) is 7.66. The molecule has 0 bridgehead atoms. The topological polar surface area (TPSA) is 85.1 Å². The number of carbonyl (C=O) groups excluding carboxylic acids is 1. The van der Waals surface area contributed by atoms with Gasteiger partial charge in [-0.05, 0) is 37.6 Å². The number of hydrogen-bond acceptors (Lipinski definition) is 6. The van der Waals surface area contributed by atoms with Crippen molar-refractivity contribution in [3.8, 4) is 5.69 Å². The summed E-state index contributed by atoms with van der Waals surface area (Å²) in [7, 11) is 1.79. The van der Waals surface area contributed by atoms with E-state index in [-0.39, 0.29) is 23.1 Å². The number of aromatic nitrogens is 4. The minimum Gasteiger partial charge on any atom is -0.354 e. The van der Waals surface area contributed by atoms with Crippen molar-refractivity contribution in [1.82, 2.24) is 24.6 Å². The summed E-state index contributed by atoms with van der Waals surface area (Å²) in [6.45, 7) is 3.25. The van der Waals surface area contributed by atoms with Gasteiger partial charge in [-0.25, -0.2) is 14.6 Å². The maximum absolute atomic E-state index is 13.1. The van der Waals surface area contributed by atoms with E-state index in [2.05, 4.69) is 20.2 Å². The van der Waals surface area contributed by atoms with Gasteiger partial charge in [0.05, 0.1) is 16.9 Å². The second-order valence-corrected chi connectivity index (χ2v) is 8.52. The van der Waals surface area contributed by atoms with Crippen LogP contribution in [-0.4, -0.2) is 44.4 Å². The Bertz CT molecular complexity index is 1320. The van der Waals surface area contributed by atoms with Crippen LogP contribution in [0.25, 0.3) is 16.0 Å². The average Bonchev–Trinajstić information content (AvgIpc) is 3.47. The molecule has 1 atom stereocenters. The van der Waals surface area contributed by atoms with Crippen LogP contribution in [0.3, 0.4) is 0 Å². The quantitative estimate of drug-likeness (QED) is 0.534. The van der Waals surface area contributed by atoms with E-state index in [9.17, 15) is 9.59 Å². The first-order valence-electron chi connectivity index (χ1n) is 10.1. The smallest absolute Gasteiger partial charge is 0.284 e. The molecule has 1 aliphatic rings. The van der Waals surface area contributed by atoms with Crippen LogP contribution in [0.15, 0.2) is 52.8 Å². The third kappa shape index (κ3) is 3.40. The van der Waals surface area contributed by atoms with E-state index in [1.165, 1.54) is 16.0 Å². The van der Waals surface area contributed by atoms with Crippen LogP contribution >= 0.6 is 11.3 Å². The maximum atomic E-state index is 13.1. The van der Waals surface area contributed by atoms with Crippen molar-refractivity contribution in [3.63, 3.8) is 0 Å². The van der Waals surface area contributed by atoms with Gasteiger partial charge in [-0.1, -0.05) is 18.2 Å². The zero-order valence-electron chi connectivity index (χ0n) is 17.3. The Labute approximate surface area is 182 Å². The summed E-state index contributed by atoms with van der Waals surface area (Å²) >= 11 is 1.52. The molecule has 4 aromatic rings. The summed E-state index contributed by atoms with van der Waals surface area (Å²) in [6, 6.07) is 13.2. The van der Waals surface area contributed by atoms with Gasteiger partial charge in [-0.2, -0.15) is 0 Å². The number of pyridine rings is 1. The van der Waals surface area contributed by atoms with Gasteiger partial charge in [0, 0.05) is 26.2 Å². The molecule has 3 aromatic heterocycles. The maximum Gasteiger partial charge on any atom is 0.284 e. The summed E-state index contributed by atoms with van der Waals surface area (Å²) in [6.07, 6.45) is 0.799. The Kier molecular flexibility index (Phi) is 4.82. The van der Waals surface area contributed by atoms with E-state index in [1.807, 2.05) is 42.5 Å². The van der Waals surface area contributed by atoms with Gasteiger partial charge in [0.15, 0.2) is 0 Å². The lowest BCUT2D eigenvalue weighted by atomic mass is 10.2. The molecule has 1 fully saturated rings. The molecule has 8 nitrogen and oxygen atoms in total. The van der Waals surface area contributed by atoms with E-state index >= 15 is 0 Å². The van der Waals surface area contributed by atoms with Crippen LogP contribution in [0.2, 0.25) is 0 Å². The number of rotatable bonds is 4. The molecule has 31 heavy (non-hydrogen) atoms. The highest BCUT2D eigenvalue weighted by Gasteiger charge is 2.28. The summed E-state index contributed by atoms with van der Waals surface area (Å²) in [4.78, 5) is 38.1. The van der Waals surface area contributed by atoms with E-state index in [0.717, 1.165) is 34.8 Å². The highest BCUT2D eigenvalue weighted by atomic mass is 32.1. The molecule has 0 saturated carbocycles. The van der Waals surface area contributed by atoms with Gasteiger partial charge >= 0.3 is 0 Å². The molecular weight excluding hydrogens is 412 g/mol. The fourth-order valence-electron chi connectivity index (χ4n) is 4.09. The fourth-order valence-corrected chi connectivity index (χ4v) is 4.74. The molecule has 0 spiro atoms. The zero-order chi connectivity index (χ0) is 21.5. The van der Waals surface area contributed by atoms with Gasteiger partial charge in [0.2, 0.25) is 0 Å². The predicted octanol–water partition coefficient (Wildman–Crippen LogP) is 2.50. The van der Waals surface area contributed by atoms with Crippen molar-refractivity contribution < 1.29 is 4.79 Å². The lowest BCUT2D eigenvalue weighted by molar-refractivity contribution is 0.0938. The van der Waals surface area contributed by atoms with Crippen LogP contribution in [0.4, 0.5) is 5.82 Å². The third-order valence-electron chi connectivity index (χ3n) is 5.81. The molecule has 4 heterocycles. The van der Waals surface area contributed by atoms with Crippen molar-refractivity contribution in [3.05, 3.63) is 69.6 Å².